The summed E-state index contributed by atoms with van der Waals surface area (Å²) in [5, 5.41) is 19.8. The molecule has 0 amide bonds. The van der Waals surface area contributed by atoms with Gasteiger partial charge in [-0.3, -0.25) is 4.98 Å². The third-order valence-electron chi connectivity index (χ3n) is 5.34. The fraction of sp³-hybridized carbons (Fsp3) is 0.571. The van der Waals surface area contributed by atoms with Crippen LogP contribution in [-0.4, -0.2) is 52.3 Å². The quantitative estimate of drug-likeness (QED) is 0.528. The van der Waals surface area contributed by atoms with Gasteiger partial charge in [0.1, 0.15) is 5.82 Å². The van der Waals surface area contributed by atoms with Gasteiger partial charge < -0.3 is 21.1 Å². The molecule has 1 atom stereocenters. The van der Waals surface area contributed by atoms with Gasteiger partial charge in [-0.15, -0.1) is 0 Å². The first kappa shape index (κ1) is 20.5. The van der Waals surface area contributed by atoms with Crippen LogP contribution in [0.5, 0.6) is 0 Å². The van der Waals surface area contributed by atoms with Crippen LogP contribution in [0, 0.1) is 11.8 Å². The lowest BCUT2D eigenvalue weighted by atomic mass is 9.95. The van der Waals surface area contributed by atoms with Crippen LogP contribution < -0.4 is 16.0 Å². The van der Waals surface area contributed by atoms with E-state index in [0.29, 0.717) is 5.95 Å². The molecule has 152 valence electrons. The highest BCUT2D eigenvalue weighted by Crippen LogP contribution is 2.22. The molecule has 1 fully saturated rings. The fourth-order valence-corrected chi connectivity index (χ4v) is 3.44. The van der Waals surface area contributed by atoms with E-state index in [-0.39, 0.29) is 18.6 Å². The molecular formula is C21H32N6O. The molecule has 0 aromatic carbocycles. The van der Waals surface area contributed by atoms with Gasteiger partial charge in [0, 0.05) is 30.6 Å². The van der Waals surface area contributed by atoms with E-state index in [1.54, 1.807) is 12.4 Å². The van der Waals surface area contributed by atoms with Crippen LogP contribution >= 0.6 is 0 Å². The van der Waals surface area contributed by atoms with E-state index in [4.69, 9.17) is 0 Å². The number of aliphatic hydroxyl groups excluding tert-OH is 1. The van der Waals surface area contributed by atoms with E-state index in [0.717, 1.165) is 49.0 Å². The summed E-state index contributed by atoms with van der Waals surface area (Å²) in [5.74, 6) is 2.38. The molecule has 0 spiro atoms. The molecule has 7 nitrogen and oxygen atoms in total. The summed E-state index contributed by atoms with van der Waals surface area (Å²) in [6.45, 7) is 7.31. The standard InChI is InChI=1S/C21H32N6O/c1-15(2)19(14-28)26-21-25-18(17-6-10-23-11-7-17)13-20(27-21)24-12-5-16-3-8-22-9-4-16/h6-7,10-11,13,15-16,19,22,28H,3-5,8-9,12,14H2,1-2H3,(H2,24,25,26,27)/t19-/m0/s1. The monoisotopic (exact) mass is 384 g/mol. The SMILES string of the molecule is CC(C)[C@H](CO)Nc1nc(NCCC2CCNCC2)cc(-c2ccncc2)n1. The molecule has 3 rings (SSSR count). The van der Waals surface area contributed by atoms with Crippen molar-refractivity contribution in [2.75, 3.05) is 36.9 Å². The highest BCUT2D eigenvalue weighted by Gasteiger charge is 2.16. The van der Waals surface area contributed by atoms with E-state index < -0.39 is 0 Å². The third kappa shape index (κ3) is 5.87. The minimum Gasteiger partial charge on any atom is -0.394 e. The van der Waals surface area contributed by atoms with Crippen LogP contribution in [-0.2, 0) is 0 Å². The maximum atomic E-state index is 9.65. The Morgan fingerprint density at radius 3 is 2.61 bits per heavy atom. The van der Waals surface area contributed by atoms with Crippen molar-refractivity contribution in [2.45, 2.75) is 39.2 Å². The van der Waals surface area contributed by atoms with E-state index in [1.807, 2.05) is 18.2 Å². The molecule has 28 heavy (non-hydrogen) atoms. The largest absolute Gasteiger partial charge is 0.394 e. The molecule has 7 heteroatoms. The van der Waals surface area contributed by atoms with Gasteiger partial charge in [-0.1, -0.05) is 13.8 Å². The van der Waals surface area contributed by atoms with E-state index >= 15 is 0 Å². The first-order chi connectivity index (χ1) is 13.7. The van der Waals surface area contributed by atoms with Crippen molar-refractivity contribution in [2.24, 2.45) is 11.8 Å². The second-order valence-corrected chi connectivity index (χ2v) is 7.78. The summed E-state index contributed by atoms with van der Waals surface area (Å²) in [5.41, 5.74) is 1.83. The van der Waals surface area contributed by atoms with Crippen molar-refractivity contribution in [1.82, 2.24) is 20.3 Å². The van der Waals surface area contributed by atoms with Gasteiger partial charge in [0.25, 0.3) is 0 Å². The Labute approximate surface area is 167 Å². The predicted molar refractivity (Wildman–Crippen MR) is 113 cm³/mol. The molecule has 3 heterocycles. The number of piperidine rings is 1. The Balaban J connectivity index is 1.74. The Morgan fingerprint density at radius 1 is 1.18 bits per heavy atom. The normalized spacial score (nSPS) is 16.1. The van der Waals surface area contributed by atoms with Crippen molar-refractivity contribution >= 4 is 11.8 Å². The van der Waals surface area contributed by atoms with Gasteiger partial charge in [-0.2, -0.15) is 4.98 Å². The van der Waals surface area contributed by atoms with Crippen LogP contribution in [0.1, 0.15) is 33.1 Å². The lowest BCUT2D eigenvalue weighted by molar-refractivity contribution is 0.248. The summed E-state index contributed by atoms with van der Waals surface area (Å²) in [4.78, 5) is 13.4. The first-order valence-corrected chi connectivity index (χ1v) is 10.3. The smallest absolute Gasteiger partial charge is 0.225 e. The number of nitrogens with one attached hydrogen (secondary N) is 3. The Hall–Kier alpha value is -2.25. The molecule has 4 N–H and O–H groups in total. The third-order valence-corrected chi connectivity index (χ3v) is 5.34. The highest BCUT2D eigenvalue weighted by molar-refractivity contribution is 5.63. The number of hydrogen-bond acceptors (Lipinski definition) is 7. The fourth-order valence-electron chi connectivity index (χ4n) is 3.44. The zero-order valence-electron chi connectivity index (χ0n) is 16.9. The van der Waals surface area contributed by atoms with Gasteiger partial charge in [0.15, 0.2) is 0 Å². The maximum absolute atomic E-state index is 9.65. The summed E-state index contributed by atoms with van der Waals surface area (Å²) < 4.78 is 0. The number of nitrogens with zero attached hydrogens (tertiary/aromatic N) is 3. The average Bonchev–Trinajstić information content (AvgIpc) is 2.73. The number of aliphatic hydroxyl groups is 1. The zero-order valence-corrected chi connectivity index (χ0v) is 16.9. The van der Waals surface area contributed by atoms with Crippen LogP contribution in [0.2, 0.25) is 0 Å². The lowest BCUT2D eigenvalue weighted by Gasteiger charge is -2.23. The zero-order chi connectivity index (χ0) is 19.8. The lowest BCUT2D eigenvalue weighted by Crippen LogP contribution is -2.30. The molecule has 1 aliphatic heterocycles. The predicted octanol–water partition coefficient (Wildman–Crippen LogP) is 2.77. The van der Waals surface area contributed by atoms with Gasteiger partial charge in [0.05, 0.1) is 18.3 Å². The number of hydrogen-bond donors (Lipinski definition) is 4. The van der Waals surface area contributed by atoms with Gasteiger partial charge in [-0.05, 0) is 56.3 Å². The van der Waals surface area contributed by atoms with Gasteiger partial charge >= 0.3 is 0 Å². The van der Waals surface area contributed by atoms with Crippen LogP contribution in [0.3, 0.4) is 0 Å². The molecule has 0 radical (unpaired) electrons. The van der Waals surface area contributed by atoms with Crippen molar-refractivity contribution in [3.05, 3.63) is 30.6 Å². The molecule has 0 saturated carbocycles. The van der Waals surface area contributed by atoms with Crippen molar-refractivity contribution in [3.8, 4) is 11.3 Å². The van der Waals surface area contributed by atoms with E-state index in [2.05, 4.69) is 44.7 Å². The number of pyridine rings is 1. The molecule has 2 aromatic rings. The number of anilines is 2. The summed E-state index contributed by atoms with van der Waals surface area (Å²) in [7, 11) is 0. The van der Waals surface area contributed by atoms with Crippen molar-refractivity contribution < 1.29 is 5.11 Å². The van der Waals surface area contributed by atoms with E-state index in [1.165, 1.54) is 12.8 Å². The molecule has 1 aliphatic rings. The van der Waals surface area contributed by atoms with Crippen molar-refractivity contribution in [1.29, 1.82) is 0 Å². The summed E-state index contributed by atoms with van der Waals surface area (Å²) >= 11 is 0. The number of rotatable bonds is 9. The Morgan fingerprint density at radius 2 is 1.93 bits per heavy atom. The summed E-state index contributed by atoms with van der Waals surface area (Å²) in [6, 6.07) is 5.77. The first-order valence-electron chi connectivity index (χ1n) is 10.3. The van der Waals surface area contributed by atoms with Gasteiger partial charge in [0.2, 0.25) is 5.95 Å². The molecular weight excluding hydrogens is 352 g/mol. The van der Waals surface area contributed by atoms with Crippen LogP contribution in [0.15, 0.2) is 30.6 Å². The highest BCUT2D eigenvalue weighted by atomic mass is 16.3. The molecule has 1 saturated heterocycles. The van der Waals surface area contributed by atoms with Crippen LogP contribution in [0.25, 0.3) is 11.3 Å². The van der Waals surface area contributed by atoms with Gasteiger partial charge in [-0.25, -0.2) is 4.98 Å². The average molecular weight is 385 g/mol. The number of aromatic nitrogens is 3. The molecule has 0 bridgehead atoms. The molecule has 0 unspecified atom stereocenters. The molecule has 2 aromatic heterocycles. The minimum absolute atomic E-state index is 0.0407. The molecule has 0 aliphatic carbocycles. The maximum Gasteiger partial charge on any atom is 0.225 e. The Bertz CT molecular complexity index is 718. The topological polar surface area (TPSA) is 95.0 Å². The summed E-state index contributed by atoms with van der Waals surface area (Å²) in [6.07, 6.45) is 7.16. The van der Waals surface area contributed by atoms with Crippen molar-refractivity contribution in [3.63, 3.8) is 0 Å². The minimum atomic E-state index is -0.0877. The Kier molecular flexibility index (Phi) is 7.56. The van der Waals surface area contributed by atoms with Crippen LogP contribution in [0.4, 0.5) is 11.8 Å². The van der Waals surface area contributed by atoms with E-state index in [9.17, 15) is 5.11 Å². The second-order valence-electron chi connectivity index (χ2n) is 7.78. The second kappa shape index (κ2) is 10.3.